The van der Waals surface area contributed by atoms with Crippen molar-refractivity contribution in [3.8, 4) is 0 Å². The zero-order chi connectivity index (χ0) is 7.14. The molecule has 2 rings (SSSR count). The van der Waals surface area contributed by atoms with Crippen molar-refractivity contribution >= 4 is 0 Å². The molecule has 0 aromatic heterocycles. The van der Waals surface area contributed by atoms with Gasteiger partial charge in [0.2, 0.25) is 0 Å². The maximum Gasteiger partial charge on any atom is 0.109 e. The molecule has 0 aromatic rings. The van der Waals surface area contributed by atoms with Crippen LogP contribution >= 0.6 is 0 Å². The molecule has 2 aliphatic heterocycles. The van der Waals surface area contributed by atoms with E-state index < -0.39 is 12.2 Å². The van der Waals surface area contributed by atoms with Gasteiger partial charge in [0.15, 0.2) is 0 Å². The summed E-state index contributed by atoms with van der Waals surface area (Å²) < 4.78 is 0. The van der Waals surface area contributed by atoms with Crippen LogP contribution in [0.5, 0.6) is 0 Å². The molecular formula is C6H11NO3. The third-order valence-electron chi connectivity index (χ3n) is 2.11. The Morgan fingerprint density at radius 2 is 2.20 bits per heavy atom. The van der Waals surface area contributed by atoms with E-state index in [9.17, 15) is 10.2 Å². The molecule has 0 saturated carbocycles. The van der Waals surface area contributed by atoms with Crippen LogP contribution in [0.4, 0.5) is 0 Å². The van der Waals surface area contributed by atoms with Crippen molar-refractivity contribution in [1.82, 2.24) is 5.06 Å². The van der Waals surface area contributed by atoms with Crippen molar-refractivity contribution in [2.75, 3.05) is 13.1 Å². The van der Waals surface area contributed by atoms with Crippen LogP contribution < -0.4 is 0 Å². The average molecular weight is 145 g/mol. The Morgan fingerprint density at radius 1 is 1.40 bits per heavy atom. The van der Waals surface area contributed by atoms with E-state index in [1.807, 2.05) is 0 Å². The van der Waals surface area contributed by atoms with Crippen LogP contribution in [-0.4, -0.2) is 46.7 Å². The second-order valence-corrected chi connectivity index (χ2v) is 2.88. The molecule has 1 unspecified atom stereocenters. The molecule has 10 heavy (non-hydrogen) atoms. The molecule has 0 spiro atoms. The van der Waals surface area contributed by atoms with E-state index in [1.54, 1.807) is 5.06 Å². The van der Waals surface area contributed by atoms with Gasteiger partial charge in [-0.3, -0.25) is 4.84 Å². The first kappa shape index (κ1) is 6.54. The van der Waals surface area contributed by atoms with Crippen LogP contribution in [0.25, 0.3) is 0 Å². The molecular weight excluding hydrogens is 134 g/mol. The number of hydrogen-bond donors (Lipinski definition) is 2. The Balaban J connectivity index is 2.09. The van der Waals surface area contributed by atoms with Crippen LogP contribution in [0, 0.1) is 0 Å². The number of nitrogens with zero attached hydrogens (tertiary/aromatic N) is 1. The summed E-state index contributed by atoms with van der Waals surface area (Å²) in [6.07, 6.45) is -0.637. The van der Waals surface area contributed by atoms with E-state index in [0.717, 1.165) is 13.0 Å². The molecule has 4 nitrogen and oxygen atoms in total. The van der Waals surface area contributed by atoms with Crippen LogP contribution in [0.2, 0.25) is 0 Å². The van der Waals surface area contributed by atoms with Gasteiger partial charge in [-0.2, -0.15) is 5.06 Å². The van der Waals surface area contributed by atoms with E-state index in [-0.39, 0.29) is 6.10 Å². The summed E-state index contributed by atoms with van der Waals surface area (Å²) in [5.74, 6) is 0. The van der Waals surface area contributed by atoms with Gasteiger partial charge in [-0.1, -0.05) is 0 Å². The lowest BCUT2D eigenvalue weighted by atomic mass is 10.1. The van der Waals surface area contributed by atoms with Crippen molar-refractivity contribution in [2.45, 2.75) is 24.7 Å². The Labute approximate surface area is 59.0 Å². The van der Waals surface area contributed by atoms with Gasteiger partial charge >= 0.3 is 0 Å². The smallest absolute Gasteiger partial charge is 0.109 e. The van der Waals surface area contributed by atoms with Crippen LogP contribution in [0.15, 0.2) is 0 Å². The van der Waals surface area contributed by atoms with E-state index in [2.05, 4.69) is 0 Å². The van der Waals surface area contributed by atoms with Crippen LogP contribution in [-0.2, 0) is 4.84 Å². The number of hydroxylamine groups is 2. The third kappa shape index (κ3) is 0.845. The topological polar surface area (TPSA) is 52.9 Å². The second-order valence-electron chi connectivity index (χ2n) is 2.88. The zero-order valence-corrected chi connectivity index (χ0v) is 5.60. The van der Waals surface area contributed by atoms with Gasteiger partial charge in [0, 0.05) is 6.54 Å². The summed E-state index contributed by atoms with van der Waals surface area (Å²) in [7, 11) is 0. The Hall–Kier alpha value is -0.160. The average Bonchev–Trinajstić information content (AvgIpc) is 2.29. The Kier molecular flexibility index (Phi) is 1.42. The molecule has 4 atom stereocenters. The molecule has 0 amide bonds. The second kappa shape index (κ2) is 2.17. The highest BCUT2D eigenvalue weighted by atomic mass is 16.7. The highest BCUT2D eigenvalue weighted by Crippen LogP contribution is 2.24. The van der Waals surface area contributed by atoms with Gasteiger partial charge in [0.25, 0.3) is 0 Å². The first-order valence-electron chi connectivity index (χ1n) is 3.55. The lowest BCUT2D eigenvalue weighted by Crippen LogP contribution is -2.48. The number of hydrogen-bond acceptors (Lipinski definition) is 4. The highest BCUT2D eigenvalue weighted by Gasteiger charge is 2.40. The number of aliphatic hydroxyl groups is 2. The van der Waals surface area contributed by atoms with E-state index in [1.165, 1.54) is 0 Å². The molecule has 2 heterocycles. The number of rotatable bonds is 0. The minimum Gasteiger partial charge on any atom is -0.389 e. The minimum absolute atomic E-state index is 0.163. The van der Waals surface area contributed by atoms with Gasteiger partial charge < -0.3 is 10.2 Å². The Morgan fingerprint density at radius 3 is 3.00 bits per heavy atom. The predicted molar refractivity (Wildman–Crippen MR) is 33.1 cm³/mol. The fourth-order valence-electron chi connectivity index (χ4n) is 1.50. The zero-order valence-electron chi connectivity index (χ0n) is 5.60. The van der Waals surface area contributed by atoms with Crippen molar-refractivity contribution in [1.29, 1.82) is 0 Å². The predicted octanol–water partition coefficient (Wildman–Crippen LogP) is -1.27. The standard InChI is InChI=1S/C6H11NO3/c8-4-3-7-2-1-5(10-7)6(4)9/h4-6,8-9H,1-3H2/t4-,5+,6+/m1/s1. The minimum atomic E-state index is -0.682. The van der Waals surface area contributed by atoms with Crippen molar-refractivity contribution in [2.24, 2.45) is 0 Å². The van der Waals surface area contributed by atoms with Crippen molar-refractivity contribution in [3.05, 3.63) is 0 Å². The van der Waals surface area contributed by atoms with Gasteiger partial charge in [-0.25, -0.2) is 0 Å². The molecule has 2 N–H and O–H groups in total. The molecule has 0 aliphatic carbocycles. The fraction of sp³-hybridized carbons (Fsp3) is 1.00. The molecule has 2 bridgehead atoms. The highest BCUT2D eigenvalue weighted by molar-refractivity contribution is 4.86. The number of fused-ring (bicyclic) bond motifs is 2. The van der Waals surface area contributed by atoms with Crippen molar-refractivity contribution in [3.63, 3.8) is 0 Å². The summed E-state index contributed by atoms with van der Waals surface area (Å²) >= 11 is 0. The summed E-state index contributed by atoms with van der Waals surface area (Å²) in [4.78, 5) is 5.20. The molecule has 0 radical (unpaired) electrons. The summed E-state index contributed by atoms with van der Waals surface area (Å²) in [5, 5.41) is 20.2. The van der Waals surface area contributed by atoms with E-state index >= 15 is 0 Å². The first-order valence-corrected chi connectivity index (χ1v) is 3.55. The fourth-order valence-corrected chi connectivity index (χ4v) is 1.50. The maximum atomic E-state index is 9.26. The SMILES string of the molecule is O[C@H]1[C@H](O)CN2CC[C@@H]1O2. The third-order valence-corrected chi connectivity index (χ3v) is 2.11. The monoisotopic (exact) mass is 145 g/mol. The normalized spacial score (nSPS) is 53.4. The first-order chi connectivity index (χ1) is 4.77. The summed E-state index contributed by atoms with van der Waals surface area (Å²) in [6.45, 7) is 1.27. The lowest BCUT2D eigenvalue weighted by Gasteiger charge is -2.30. The number of aliphatic hydroxyl groups excluding tert-OH is 2. The quantitative estimate of drug-likeness (QED) is 0.446. The Bertz CT molecular complexity index is 141. The lowest BCUT2D eigenvalue weighted by molar-refractivity contribution is -0.238. The molecule has 2 aliphatic rings. The summed E-state index contributed by atoms with van der Waals surface area (Å²) in [6, 6.07) is 0. The van der Waals surface area contributed by atoms with Gasteiger partial charge in [0.1, 0.15) is 12.2 Å². The largest absolute Gasteiger partial charge is 0.389 e. The van der Waals surface area contributed by atoms with Crippen molar-refractivity contribution < 1.29 is 15.1 Å². The van der Waals surface area contributed by atoms with E-state index in [4.69, 9.17) is 4.84 Å². The van der Waals surface area contributed by atoms with Gasteiger partial charge in [-0.05, 0) is 6.42 Å². The van der Waals surface area contributed by atoms with Gasteiger partial charge in [0.05, 0.1) is 12.6 Å². The molecule has 2 fully saturated rings. The molecule has 0 aromatic carbocycles. The maximum absolute atomic E-state index is 9.26. The molecule has 2 saturated heterocycles. The molecule has 4 heteroatoms. The summed E-state index contributed by atoms with van der Waals surface area (Å²) in [5.41, 5.74) is 0. The van der Waals surface area contributed by atoms with E-state index in [0.29, 0.717) is 6.54 Å². The van der Waals surface area contributed by atoms with Crippen LogP contribution in [0.3, 0.4) is 0 Å². The molecule has 58 valence electrons. The van der Waals surface area contributed by atoms with Gasteiger partial charge in [-0.15, -0.1) is 0 Å². The van der Waals surface area contributed by atoms with Crippen LogP contribution in [0.1, 0.15) is 6.42 Å².